The van der Waals surface area contributed by atoms with Gasteiger partial charge in [0.25, 0.3) is 11.6 Å². The van der Waals surface area contributed by atoms with Crippen molar-refractivity contribution < 1.29 is 24.0 Å². The van der Waals surface area contributed by atoms with E-state index in [1.165, 1.54) is 31.0 Å². The lowest BCUT2D eigenvalue weighted by Crippen LogP contribution is -2.21. The molecule has 9 heteroatoms. The maximum atomic E-state index is 12.2. The molecule has 0 aliphatic rings. The minimum atomic E-state index is -0.890. The second-order valence-corrected chi connectivity index (χ2v) is 5.81. The zero-order valence-electron chi connectivity index (χ0n) is 14.1. The number of non-ortho nitro benzene ring substituents is 1. The van der Waals surface area contributed by atoms with Crippen LogP contribution in [-0.4, -0.2) is 36.8 Å². The molecule has 0 saturated heterocycles. The summed E-state index contributed by atoms with van der Waals surface area (Å²) in [7, 11) is 1.32. The summed E-state index contributed by atoms with van der Waals surface area (Å²) in [4.78, 5) is 35.3. The van der Waals surface area contributed by atoms with Crippen LogP contribution in [0.4, 0.5) is 11.4 Å². The Hall–Kier alpha value is -3.07. The number of carbonyl (C=O) groups excluding carboxylic acids is 2. The van der Waals surface area contributed by atoms with Gasteiger partial charge in [0.1, 0.15) is 11.3 Å². The number of nitro groups is 1. The van der Waals surface area contributed by atoms with E-state index in [0.29, 0.717) is 5.69 Å². The van der Waals surface area contributed by atoms with Crippen molar-refractivity contribution in [3.63, 3.8) is 0 Å². The lowest BCUT2D eigenvalue weighted by molar-refractivity contribution is -0.384. The number of benzene rings is 2. The van der Waals surface area contributed by atoms with E-state index < -0.39 is 23.4 Å². The van der Waals surface area contributed by atoms with Crippen LogP contribution in [-0.2, 0) is 9.53 Å². The molecule has 0 unspecified atom stereocenters. The summed E-state index contributed by atoms with van der Waals surface area (Å²) >= 11 is 1.47. The molecule has 2 aromatic rings. The largest absolute Gasteiger partial charge is 0.496 e. The molecule has 136 valence electrons. The number of carbonyl (C=O) groups is 2. The first-order valence-electron chi connectivity index (χ1n) is 7.38. The van der Waals surface area contributed by atoms with Gasteiger partial charge in [-0.2, -0.15) is 0 Å². The highest BCUT2D eigenvalue weighted by Crippen LogP contribution is 2.26. The lowest BCUT2D eigenvalue weighted by Gasteiger charge is -2.11. The number of hydrogen-bond acceptors (Lipinski definition) is 7. The first-order valence-corrected chi connectivity index (χ1v) is 8.61. The van der Waals surface area contributed by atoms with Gasteiger partial charge in [0.2, 0.25) is 0 Å². The lowest BCUT2D eigenvalue weighted by atomic mass is 10.2. The zero-order chi connectivity index (χ0) is 19.1. The molecule has 1 N–H and O–H groups in total. The van der Waals surface area contributed by atoms with E-state index in [-0.39, 0.29) is 17.0 Å². The number of esters is 1. The van der Waals surface area contributed by atoms with Crippen molar-refractivity contribution in [3.05, 3.63) is 58.1 Å². The second kappa shape index (κ2) is 8.86. The molecule has 0 atom stereocenters. The van der Waals surface area contributed by atoms with Crippen molar-refractivity contribution in [2.45, 2.75) is 4.90 Å². The summed E-state index contributed by atoms with van der Waals surface area (Å²) < 4.78 is 9.96. The summed E-state index contributed by atoms with van der Waals surface area (Å²) in [5.41, 5.74) is 0.198. The number of para-hydroxylation sites is 1. The molecule has 0 aliphatic carbocycles. The third kappa shape index (κ3) is 4.73. The Morgan fingerprint density at radius 3 is 2.62 bits per heavy atom. The van der Waals surface area contributed by atoms with Gasteiger partial charge in [-0.15, -0.1) is 11.8 Å². The minimum absolute atomic E-state index is 0.119. The van der Waals surface area contributed by atoms with Crippen molar-refractivity contribution in [1.82, 2.24) is 0 Å². The average Bonchev–Trinajstić information content (AvgIpc) is 2.65. The van der Waals surface area contributed by atoms with E-state index >= 15 is 0 Å². The van der Waals surface area contributed by atoms with Crippen molar-refractivity contribution in [3.8, 4) is 5.75 Å². The molecule has 8 nitrogen and oxygen atoms in total. The van der Waals surface area contributed by atoms with E-state index in [0.717, 1.165) is 11.0 Å². The third-order valence-corrected chi connectivity index (χ3v) is 4.13. The fraction of sp³-hybridized carbons (Fsp3) is 0.176. The fourth-order valence-electron chi connectivity index (χ4n) is 2.11. The normalized spacial score (nSPS) is 10.1. The summed E-state index contributed by atoms with van der Waals surface area (Å²) in [6.07, 6.45) is 1.87. The second-order valence-electron chi connectivity index (χ2n) is 4.97. The Morgan fingerprint density at radius 2 is 1.96 bits per heavy atom. The van der Waals surface area contributed by atoms with Crippen LogP contribution in [0.15, 0.2) is 47.4 Å². The number of amides is 1. The summed E-state index contributed by atoms with van der Waals surface area (Å²) in [5.74, 6) is -1.29. The Labute approximate surface area is 153 Å². The highest BCUT2D eigenvalue weighted by Gasteiger charge is 2.19. The van der Waals surface area contributed by atoms with Crippen molar-refractivity contribution >= 4 is 35.0 Å². The maximum Gasteiger partial charge on any atom is 0.342 e. The molecule has 0 radical (unpaired) electrons. The molecule has 0 aliphatic heterocycles. The van der Waals surface area contributed by atoms with Crippen LogP contribution in [0.1, 0.15) is 10.4 Å². The van der Waals surface area contributed by atoms with Gasteiger partial charge in [0, 0.05) is 17.0 Å². The minimum Gasteiger partial charge on any atom is -0.496 e. The van der Waals surface area contributed by atoms with Crippen LogP contribution in [0.3, 0.4) is 0 Å². The van der Waals surface area contributed by atoms with Crippen LogP contribution in [0.2, 0.25) is 0 Å². The summed E-state index contributed by atoms with van der Waals surface area (Å²) in [6.45, 7) is -0.534. The van der Waals surface area contributed by atoms with Gasteiger partial charge in [-0.25, -0.2) is 4.79 Å². The first kappa shape index (κ1) is 19.3. The van der Waals surface area contributed by atoms with E-state index in [1.54, 1.807) is 12.1 Å². The topological polar surface area (TPSA) is 108 Å². The number of hydrogen-bond donors (Lipinski definition) is 1. The van der Waals surface area contributed by atoms with Crippen LogP contribution in [0.5, 0.6) is 5.75 Å². The van der Waals surface area contributed by atoms with Gasteiger partial charge in [-0.3, -0.25) is 14.9 Å². The summed E-state index contributed by atoms with van der Waals surface area (Å²) in [5, 5.41) is 13.5. The highest BCUT2D eigenvalue weighted by atomic mass is 32.2. The summed E-state index contributed by atoms with van der Waals surface area (Å²) in [6, 6.07) is 10.7. The molecule has 0 fully saturated rings. The molecule has 2 rings (SSSR count). The average molecular weight is 376 g/mol. The van der Waals surface area contributed by atoms with Gasteiger partial charge < -0.3 is 14.8 Å². The monoisotopic (exact) mass is 376 g/mol. The Balaban J connectivity index is 2.05. The van der Waals surface area contributed by atoms with E-state index in [9.17, 15) is 19.7 Å². The van der Waals surface area contributed by atoms with E-state index in [1.807, 2.05) is 18.4 Å². The predicted molar refractivity (Wildman–Crippen MR) is 96.8 cm³/mol. The van der Waals surface area contributed by atoms with E-state index in [2.05, 4.69) is 5.32 Å². The smallest absolute Gasteiger partial charge is 0.342 e. The van der Waals surface area contributed by atoms with Crippen LogP contribution in [0, 0.1) is 10.1 Å². The van der Waals surface area contributed by atoms with Crippen molar-refractivity contribution in [2.24, 2.45) is 0 Å². The quantitative estimate of drug-likeness (QED) is 0.342. The molecule has 0 aromatic heterocycles. The number of anilines is 1. The van der Waals surface area contributed by atoms with Crippen molar-refractivity contribution in [1.29, 1.82) is 0 Å². The molecule has 1 amide bonds. The number of thioether (sulfide) groups is 1. The molecule has 26 heavy (non-hydrogen) atoms. The van der Waals surface area contributed by atoms with Gasteiger partial charge in [0.15, 0.2) is 6.61 Å². The van der Waals surface area contributed by atoms with Crippen LogP contribution >= 0.6 is 11.8 Å². The van der Waals surface area contributed by atoms with E-state index in [4.69, 9.17) is 9.47 Å². The van der Waals surface area contributed by atoms with Crippen LogP contribution in [0.25, 0.3) is 0 Å². The van der Waals surface area contributed by atoms with Gasteiger partial charge in [-0.1, -0.05) is 12.1 Å². The number of ether oxygens (including phenoxy) is 2. The van der Waals surface area contributed by atoms with Gasteiger partial charge in [0.05, 0.1) is 17.7 Å². The molecule has 0 spiro atoms. The number of nitro benzene ring substituents is 1. The molecule has 2 aromatic carbocycles. The molecule has 0 heterocycles. The maximum absolute atomic E-state index is 12.2. The molecule has 0 saturated carbocycles. The van der Waals surface area contributed by atoms with Crippen LogP contribution < -0.4 is 10.1 Å². The van der Waals surface area contributed by atoms with Crippen molar-refractivity contribution in [2.75, 3.05) is 25.3 Å². The molecular weight excluding hydrogens is 360 g/mol. The Kier molecular flexibility index (Phi) is 6.56. The Morgan fingerprint density at radius 1 is 1.23 bits per heavy atom. The number of nitrogens with zero attached hydrogens (tertiary/aromatic N) is 1. The Bertz CT molecular complexity index is 840. The fourth-order valence-corrected chi connectivity index (χ4v) is 2.67. The number of nitrogens with one attached hydrogen (secondary N) is 1. The van der Waals surface area contributed by atoms with Gasteiger partial charge >= 0.3 is 5.97 Å². The first-order chi connectivity index (χ1) is 12.5. The van der Waals surface area contributed by atoms with Gasteiger partial charge in [-0.05, 0) is 24.5 Å². The third-order valence-electron chi connectivity index (χ3n) is 3.33. The standard InChI is InChI=1S/C17H16N2O6S/c1-24-14-8-7-11(19(22)23)9-12(14)17(21)25-10-16(20)18-13-5-3-4-6-15(13)26-2/h3-9H,10H2,1-2H3,(H,18,20). The number of rotatable bonds is 7. The number of methoxy groups -OCH3 is 1. The predicted octanol–water partition coefficient (Wildman–Crippen LogP) is 3.12. The molecule has 0 bridgehead atoms. The SMILES string of the molecule is COc1ccc([N+](=O)[O-])cc1C(=O)OCC(=O)Nc1ccccc1SC. The highest BCUT2D eigenvalue weighted by molar-refractivity contribution is 7.98. The molecular formula is C17H16N2O6S. The zero-order valence-corrected chi connectivity index (χ0v) is 14.9.